The van der Waals surface area contributed by atoms with Gasteiger partial charge in [-0.1, -0.05) is 29.8 Å². The molecule has 0 fully saturated rings. The summed E-state index contributed by atoms with van der Waals surface area (Å²) in [6, 6.07) is 9.87. The molecular weight excluding hydrogens is 320 g/mol. The number of benzene rings is 1. The molecule has 0 bridgehead atoms. The number of nitrogens with one attached hydrogen (secondary N) is 1. The molecule has 0 aliphatic carbocycles. The monoisotopic (exact) mass is 334 g/mol. The number of aromatic nitrogens is 1. The minimum Gasteiger partial charge on any atom is -0.444 e. The number of halogens is 1. The standard InChI is InChI=1S/C16H15ClN2O2S/c17-16-4-2-13(22-16)7-18-6-11-1-3-14(12(5-11)9-20)15-8-19-10-21-15/h1-5,8,10,18,20H,6-7,9H2. The van der Waals surface area contributed by atoms with Gasteiger partial charge in [0.15, 0.2) is 12.2 Å². The molecule has 114 valence electrons. The van der Waals surface area contributed by atoms with Crippen molar-refractivity contribution in [3.8, 4) is 11.3 Å². The third kappa shape index (κ3) is 3.56. The average Bonchev–Trinajstić information content (AvgIpc) is 3.19. The molecule has 0 aliphatic rings. The van der Waals surface area contributed by atoms with Crippen molar-refractivity contribution in [1.82, 2.24) is 10.3 Å². The maximum atomic E-state index is 9.55. The van der Waals surface area contributed by atoms with Gasteiger partial charge in [-0.05, 0) is 23.3 Å². The zero-order valence-electron chi connectivity index (χ0n) is 11.8. The van der Waals surface area contributed by atoms with E-state index in [1.54, 1.807) is 17.5 Å². The first-order valence-corrected chi connectivity index (χ1v) is 8.02. The van der Waals surface area contributed by atoms with Crippen LogP contribution in [0.5, 0.6) is 0 Å². The third-order valence-corrected chi connectivity index (χ3v) is 4.53. The van der Waals surface area contributed by atoms with E-state index in [2.05, 4.69) is 10.3 Å². The average molecular weight is 335 g/mol. The van der Waals surface area contributed by atoms with Crippen LogP contribution in [0, 0.1) is 0 Å². The molecule has 0 aliphatic heterocycles. The van der Waals surface area contributed by atoms with Crippen LogP contribution >= 0.6 is 22.9 Å². The maximum absolute atomic E-state index is 9.55. The number of hydrogen-bond acceptors (Lipinski definition) is 5. The Morgan fingerprint density at radius 2 is 2.14 bits per heavy atom. The fourth-order valence-electron chi connectivity index (χ4n) is 2.25. The summed E-state index contributed by atoms with van der Waals surface area (Å²) in [5.74, 6) is 0.664. The molecule has 22 heavy (non-hydrogen) atoms. The number of oxazole rings is 1. The Morgan fingerprint density at radius 3 is 2.82 bits per heavy atom. The first kappa shape index (κ1) is 15.2. The van der Waals surface area contributed by atoms with Crippen molar-refractivity contribution in [3.63, 3.8) is 0 Å². The minimum atomic E-state index is -0.0373. The van der Waals surface area contributed by atoms with Crippen LogP contribution in [0.1, 0.15) is 16.0 Å². The Labute approximate surface area is 137 Å². The van der Waals surface area contributed by atoms with Gasteiger partial charge in [0.2, 0.25) is 0 Å². The lowest BCUT2D eigenvalue weighted by Gasteiger charge is -2.09. The molecule has 2 N–H and O–H groups in total. The van der Waals surface area contributed by atoms with Gasteiger partial charge in [0.1, 0.15) is 0 Å². The number of rotatable bonds is 6. The molecule has 2 aromatic heterocycles. The van der Waals surface area contributed by atoms with E-state index in [1.807, 2.05) is 30.3 Å². The molecule has 0 atom stereocenters. The van der Waals surface area contributed by atoms with Crippen LogP contribution in [0.15, 0.2) is 47.3 Å². The summed E-state index contributed by atoms with van der Waals surface area (Å²) in [4.78, 5) is 5.11. The highest BCUT2D eigenvalue weighted by molar-refractivity contribution is 7.16. The summed E-state index contributed by atoms with van der Waals surface area (Å²) in [5, 5.41) is 12.9. The molecule has 1 aromatic carbocycles. The van der Waals surface area contributed by atoms with Gasteiger partial charge in [-0.25, -0.2) is 4.98 Å². The lowest BCUT2D eigenvalue weighted by atomic mass is 10.0. The smallest absolute Gasteiger partial charge is 0.181 e. The van der Waals surface area contributed by atoms with Gasteiger partial charge in [-0.3, -0.25) is 0 Å². The first-order valence-electron chi connectivity index (χ1n) is 6.82. The van der Waals surface area contributed by atoms with E-state index in [9.17, 15) is 5.11 Å². The molecule has 0 spiro atoms. The van der Waals surface area contributed by atoms with E-state index >= 15 is 0 Å². The van der Waals surface area contributed by atoms with Gasteiger partial charge < -0.3 is 14.8 Å². The second-order valence-corrected chi connectivity index (χ2v) is 6.62. The number of aliphatic hydroxyl groups excluding tert-OH is 1. The highest BCUT2D eigenvalue weighted by Gasteiger charge is 2.08. The second-order valence-electron chi connectivity index (χ2n) is 4.82. The molecule has 0 radical (unpaired) electrons. The Morgan fingerprint density at radius 1 is 1.23 bits per heavy atom. The van der Waals surface area contributed by atoms with Crippen LogP contribution in [-0.4, -0.2) is 10.1 Å². The van der Waals surface area contributed by atoms with Crippen molar-refractivity contribution >= 4 is 22.9 Å². The van der Waals surface area contributed by atoms with Crippen LogP contribution < -0.4 is 5.32 Å². The zero-order valence-corrected chi connectivity index (χ0v) is 13.3. The van der Waals surface area contributed by atoms with E-state index in [0.29, 0.717) is 5.76 Å². The topological polar surface area (TPSA) is 58.3 Å². The summed E-state index contributed by atoms with van der Waals surface area (Å²) >= 11 is 7.49. The van der Waals surface area contributed by atoms with Crippen LogP contribution in [0.2, 0.25) is 4.34 Å². The van der Waals surface area contributed by atoms with Crippen molar-refractivity contribution in [3.05, 3.63) is 63.3 Å². The molecule has 3 rings (SSSR count). The van der Waals surface area contributed by atoms with Gasteiger partial charge in [0, 0.05) is 23.5 Å². The highest BCUT2D eigenvalue weighted by atomic mass is 35.5. The summed E-state index contributed by atoms with van der Waals surface area (Å²) < 4.78 is 6.10. The Kier molecular flexibility index (Phi) is 4.90. The van der Waals surface area contributed by atoms with Crippen molar-refractivity contribution < 1.29 is 9.52 Å². The van der Waals surface area contributed by atoms with E-state index in [1.165, 1.54) is 11.3 Å². The summed E-state index contributed by atoms with van der Waals surface area (Å²) in [7, 11) is 0. The van der Waals surface area contributed by atoms with Gasteiger partial charge >= 0.3 is 0 Å². The fourth-order valence-corrected chi connectivity index (χ4v) is 3.31. The quantitative estimate of drug-likeness (QED) is 0.719. The van der Waals surface area contributed by atoms with Gasteiger partial charge in [0.25, 0.3) is 0 Å². The Bertz CT molecular complexity index is 740. The molecule has 6 heteroatoms. The van der Waals surface area contributed by atoms with Gasteiger partial charge in [0.05, 0.1) is 17.1 Å². The molecule has 3 aromatic rings. The lowest BCUT2D eigenvalue weighted by molar-refractivity contribution is 0.282. The molecule has 0 saturated carbocycles. The van der Waals surface area contributed by atoms with Crippen molar-refractivity contribution in [1.29, 1.82) is 0 Å². The van der Waals surface area contributed by atoms with Crippen LogP contribution in [0.25, 0.3) is 11.3 Å². The van der Waals surface area contributed by atoms with Crippen molar-refractivity contribution in [2.75, 3.05) is 0 Å². The molecule has 0 amide bonds. The van der Waals surface area contributed by atoms with Crippen molar-refractivity contribution in [2.24, 2.45) is 0 Å². The highest BCUT2D eigenvalue weighted by Crippen LogP contribution is 2.25. The summed E-state index contributed by atoms with van der Waals surface area (Å²) in [6.45, 7) is 1.46. The largest absolute Gasteiger partial charge is 0.444 e. The predicted octanol–water partition coefficient (Wildman–Crippen LogP) is 3.84. The normalized spacial score (nSPS) is 11.0. The van der Waals surface area contributed by atoms with Crippen LogP contribution in [0.4, 0.5) is 0 Å². The molecule has 0 saturated heterocycles. The lowest BCUT2D eigenvalue weighted by Crippen LogP contribution is -2.12. The third-order valence-electron chi connectivity index (χ3n) is 3.29. The van der Waals surface area contributed by atoms with Crippen molar-refractivity contribution in [2.45, 2.75) is 19.7 Å². The van der Waals surface area contributed by atoms with E-state index in [-0.39, 0.29) is 6.61 Å². The number of nitrogens with zero attached hydrogens (tertiary/aromatic N) is 1. The zero-order chi connectivity index (χ0) is 15.4. The van der Waals surface area contributed by atoms with Gasteiger partial charge in [-0.15, -0.1) is 11.3 Å². The Balaban J connectivity index is 1.67. The summed E-state index contributed by atoms with van der Waals surface area (Å²) in [6.07, 6.45) is 3.03. The number of thiophene rings is 1. The minimum absolute atomic E-state index is 0.0373. The second kappa shape index (κ2) is 7.07. The number of aliphatic hydroxyl groups is 1. The predicted molar refractivity (Wildman–Crippen MR) is 87.7 cm³/mol. The van der Waals surface area contributed by atoms with E-state index in [4.69, 9.17) is 16.0 Å². The SMILES string of the molecule is OCc1cc(CNCc2ccc(Cl)s2)ccc1-c1cnco1. The molecule has 2 heterocycles. The summed E-state index contributed by atoms with van der Waals surface area (Å²) in [5.41, 5.74) is 2.80. The van der Waals surface area contributed by atoms with Crippen LogP contribution in [-0.2, 0) is 19.7 Å². The van der Waals surface area contributed by atoms with Crippen LogP contribution in [0.3, 0.4) is 0 Å². The fraction of sp³-hybridized carbons (Fsp3) is 0.188. The van der Waals surface area contributed by atoms with E-state index < -0.39 is 0 Å². The van der Waals surface area contributed by atoms with E-state index in [0.717, 1.165) is 34.1 Å². The number of hydrogen-bond donors (Lipinski definition) is 2. The Hall–Kier alpha value is -1.66. The molecular formula is C16H15ClN2O2S. The maximum Gasteiger partial charge on any atom is 0.181 e. The first-order chi connectivity index (χ1) is 10.8. The van der Waals surface area contributed by atoms with Gasteiger partial charge in [-0.2, -0.15) is 0 Å². The molecule has 4 nitrogen and oxygen atoms in total. The molecule has 0 unspecified atom stereocenters.